The summed E-state index contributed by atoms with van der Waals surface area (Å²) in [6.45, 7) is 8.53. The zero-order chi connectivity index (χ0) is 25.6. The smallest absolute Gasteiger partial charge is 0.206 e. The summed E-state index contributed by atoms with van der Waals surface area (Å²) < 4.78 is 5.39. The fraction of sp³-hybridized carbons (Fsp3) is 0.407. The SMILES string of the molecule is C[C@@H]1CCN(c2cc(-c3ccccc3O)nnc2N)CCN1c1ccnc(C#CCN2CCOCC2)n1. The second kappa shape index (κ2) is 11.4. The van der Waals surface area contributed by atoms with Crippen molar-refractivity contribution < 1.29 is 9.84 Å². The molecule has 0 spiro atoms. The molecular weight excluding hydrogens is 468 g/mol. The molecule has 2 aliphatic heterocycles. The van der Waals surface area contributed by atoms with Gasteiger partial charge in [-0.1, -0.05) is 18.1 Å². The Morgan fingerprint density at radius 2 is 1.92 bits per heavy atom. The number of nitrogens with two attached hydrogens (primary N) is 1. The molecule has 1 aromatic carbocycles. The molecule has 2 aromatic heterocycles. The van der Waals surface area contributed by atoms with Crippen LogP contribution in [-0.4, -0.2) is 88.7 Å². The van der Waals surface area contributed by atoms with E-state index < -0.39 is 0 Å². The molecule has 192 valence electrons. The first kappa shape index (κ1) is 24.7. The number of benzene rings is 1. The fourth-order valence-electron chi connectivity index (χ4n) is 4.67. The Bertz CT molecular complexity index is 1280. The summed E-state index contributed by atoms with van der Waals surface area (Å²) in [5.41, 5.74) is 8.29. The number of nitrogens with zero attached hydrogens (tertiary/aromatic N) is 7. The molecule has 10 nitrogen and oxygen atoms in total. The van der Waals surface area contributed by atoms with Crippen molar-refractivity contribution in [3.63, 3.8) is 0 Å². The van der Waals surface area contributed by atoms with Crippen LogP contribution in [0, 0.1) is 11.8 Å². The van der Waals surface area contributed by atoms with Gasteiger partial charge >= 0.3 is 0 Å². The highest BCUT2D eigenvalue weighted by Gasteiger charge is 2.24. The van der Waals surface area contributed by atoms with E-state index in [0.717, 1.165) is 63.9 Å². The second-order valence-corrected chi connectivity index (χ2v) is 9.26. The maximum absolute atomic E-state index is 10.3. The molecule has 37 heavy (non-hydrogen) atoms. The summed E-state index contributed by atoms with van der Waals surface area (Å²) in [6.07, 6.45) is 2.69. The molecule has 0 bridgehead atoms. The lowest BCUT2D eigenvalue weighted by atomic mass is 10.1. The number of hydrogen-bond donors (Lipinski definition) is 2. The summed E-state index contributed by atoms with van der Waals surface area (Å²) in [5, 5.41) is 18.7. The maximum atomic E-state index is 10.3. The van der Waals surface area contributed by atoms with E-state index >= 15 is 0 Å². The summed E-state index contributed by atoms with van der Waals surface area (Å²) in [4.78, 5) is 15.9. The highest BCUT2D eigenvalue weighted by Crippen LogP contribution is 2.32. The molecule has 3 N–H and O–H groups in total. The minimum absolute atomic E-state index is 0.163. The van der Waals surface area contributed by atoms with Crippen molar-refractivity contribution >= 4 is 17.3 Å². The number of hydrogen-bond acceptors (Lipinski definition) is 10. The normalized spacial score (nSPS) is 18.7. The first-order chi connectivity index (χ1) is 18.1. The van der Waals surface area contributed by atoms with Gasteiger partial charge in [0.05, 0.1) is 31.1 Å². The molecule has 0 radical (unpaired) electrons. The van der Waals surface area contributed by atoms with Crippen LogP contribution in [0.1, 0.15) is 19.2 Å². The summed E-state index contributed by atoms with van der Waals surface area (Å²) in [6, 6.07) is 11.2. The van der Waals surface area contributed by atoms with E-state index in [4.69, 9.17) is 15.5 Å². The highest BCUT2D eigenvalue weighted by molar-refractivity contribution is 5.74. The van der Waals surface area contributed by atoms with Gasteiger partial charge in [-0.15, -0.1) is 10.2 Å². The van der Waals surface area contributed by atoms with Crippen LogP contribution in [0.15, 0.2) is 42.6 Å². The summed E-state index contributed by atoms with van der Waals surface area (Å²) >= 11 is 0. The molecule has 10 heteroatoms. The summed E-state index contributed by atoms with van der Waals surface area (Å²) in [5.74, 6) is 8.28. The number of anilines is 3. The molecule has 0 amide bonds. The van der Waals surface area contributed by atoms with Gasteiger partial charge < -0.3 is 25.4 Å². The van der Waals surface area contributed by atoms with Crippen molar-refractivity contribution in [3.8, 4) is 28.8 Å². The van der Waals surface area contributed by atoms with E-state index in [0.29, 0.717) is 29.4 Å². The van der Waals surface area contributed by atoms with Crippen molar-refractivity contribution in [1.82, 2.24) is 25.1 Å². The van der Waals surface area contributed by atoms with Gasteiger partial charge in [0.15, 0.2) is 5.82 Å². The minimum atomic E-state index is 0.163. The molecule has 2 aliphatic rings. The fourth-order valence-corrected chi connectivity index (χ4v) is 4.67. The third-order valence-corrected chi connectivity index (χ3v) is 6.82. The van der Waals surface area contributed by atoms with Crippen molar-refractivity contribution in [2.24, 2.45) is 0 Å². The van der Waals surface area contributed by atoms with Crippen molar-refractivity contribution in [2.45, 2.75) is 19.4 Å². The van der Waals surface area contributed by atoms with Gasteiger partial charge in [-0.25, -0.2) is 9.97 Å². The number of aromatic nitrogens is 4. The standard InChI is InChI=1S/C27H32N8O2/c1-20-9-12-34(23-19-22(31-32-27(23)28)21-5-2-3-6-24(21)36)13-14-35(20)26-8-10-29-25(30-26)7-4-11-33-15-17-37-18-16-33/h2-3,5-6,8,10,19-20,36H,9,11-18H2,1H3,(H2,28,32)/t20-/m1/s1. The van der Waals surface area contributed by atoms with Crippen LogP contribution >= 0.6 is 0 Å². The van der Waals surface area contributed by atoms with Crippen LogP contribution in [0.3, 0.4) is 0 Å². The molecule has 1 atom stereocenters. The number of phenolic OH excluding ortho intramolecular Hbond substituents is 1. The monoisotopic (exact) mass is 500 g/mol. The number of para-hydroxylation sites is 1. The second-order valence-electron chi connectivity index (χ2n) is 9.26. The van der Waals surface area contributed by atoms with E-state index in [9.17, 15) is 5.11 Å². The van der Waals surface area contributed by atoms with Gasteiger partial charge in [0.2, 0.25) is 5.82 Å². The van der Waals surface area contributed by atoms with Gasteiger partial charge in [-0.05, 0) is 43.5 Å². The van der Waals surface area contributed by atoms with Crippen molar-refractivity contribution in [3.05, 3.63) is 48.4 Å². The van der Waals surface area contributed by atoms with Crippen LogP contribution in [0.4, 0.5) is 17.3 Å². The zero-order valence-corrected chi connectivity index (χ0v) is 21.0. The van der Waals surface area contributed by atoms with Crippen molar-refractivity contribution in [2.75, 3.05) is 68.0 Å². The largest absolute Gasteiger partial charge is 0.507 e. The Kier molecular flexibility index (Phi) is 7.63. The molecular formula is C27H32N8O2. The van der Waals surface area contributed by atoms with Crippen LogP contribution in [0.25, 0.3) is 11.3 Å². The Balaban J connectivity index is 1.30. The van der Waals surface area contributed by atoms with Gasteiger partial charge in [0, 0.05) is 50.5 Å². The van der Waals surface area contributed by atoms with Gasteiger partial charge in [-0.2, -0.15) is 0 Å². The number of nitrogen functional groups attached to an aromatic ring is 1. The molecule has 4 heterocycles. The van der Waals surface area contributed by atoms with Crippen LogP contribution in [0.2, 0.25) is 0 Å². The van der Waals surface area contributed by atoms with Crippen molar-refractivity contribution in [1.29, 1.82) is 0 Å². The Morgan fingerprint density at radius 3 is 2.76 bits per heavy atom. The molecule has 5 rings (SSSR count). The number of rotatable bonds is 4. The third-order valence-electron chi connectivity index (χ3n) is 6.82. The zero-order valence-electron chi connectivity index (χ0n) is 21.0. The molecule has 0 unspecified atom stereocenters. The molecule has 2 saturated heterocycles. The third kappa shape index (κ3) is 5.90. The van der Waals surface area contributed by atoms with Crippen LogP contribution in [-0.2, 0) is 4.74 Å². The molecule has 3 aromatic rings. The lowest BCUT2D eigenvalue weighted by molar-refractivity contribution is 0.0443. The average Bonchev–Trinajstić information content (AvgIpc) is 3.12. The highest BCUT2D eigenvalue weighted by atomic mass is 16.5. The van der Waals surface area contributed by atoms with Crippen LogP contribution in [0.5, 0.6) is 5.75 Å². The first-order valence-electron chi connectivity index (χ1n) is 12.6. The number of morpholine rings is 1. The molecule has 0 saturated carbocycles. The predicted octanol–water partition coefficient (Wildman–Crippen LogP) is 2.01. The average molecular weight is 501 g/mol. The van der Waals surface area contributed by atoms with Gasteiger partial charge in [0.1, 0.15) is 11.6 Å². The quantitative estimate of drug-likeness (QED) is 0.515. The lowest BCUT2D eigenvalue weighted by Gasteiger charge is -2.28. The number of phenols is 1. The number of ether oxygens (including phenoxy) is 1. The van der Waals surface area contributed by atoms with Gasteiger partial charge in [-0.3, -0.25) is 4.90 Å². The maximum Gasteiger partial charge on any atom is 0.206 e. The minimum Gasteiger partial charge on any atom is -0.507 e. The van der Waals surface area contributed by atoms with E-state index in [1.807, 2.05) is 24.3 Å². The Labute approximate surface area is 217 Å². The first-order valence-corrected chi connectivity index (χ1v) is 12.6. The lowest BCUT2D eigenvalue weighted by Crippen LogP contribution is -2.36. The van der Waals surface area contributed by atoms with Gasteiger partial charge in [0.25, 0.3) is 0 Å². The van der Waals surface area contributed by atoms with Crippen LogP contribution < -0.4 is 15.5 Å². The Morgan fingerprint density at radius 1 is 1.08 bits per heavy atom. The molecule has 0 aliphatic carbocycles. The molecule has 2 fully saturated rings. The predicted molar refractivity (Wildman–Crippen MR) is 143 cm³/mol. The van der Waals surface area contributed by atoms with E-state index in [-0.39, 0.29) is 11.8 Å². The Hall–Kier alpha value is -3.94. The van der Waals surface area contributed by atoms with E-state index in [2.05, 4.69) is 48.6 Å². The van der Waals surface area contributed by atoms with E-state index in [1.165, 1.54) is 0 Å². The number of aromatic hydroxyl groups is 1. The van der Waals surface area contributed by atoms with E-state index in [1.54, 1.807) is 18.3 Å². The summed E-state index contributed by atoms with van der Waals surface area (Å²) in [7, 11) is 0. The topological polar surface area (TPSA) is 117 Å².